The van der Waals surface area contributed by atoms with Crippen molar-refractivity contribution < 1.29 is 9.59 Å². The van der Waals surface area contributed by atoms with Crippen molar-refractivity contribution in [1.29, 1.82) is 0 Å². The monoisotopic (exact) mass is 266 g/mol. The Bertz CT molecular complexity index is 458. The number of rotatable bonds is 5. The van der Waals surface area contributed by atoms with Gasteiger partial charge in [-0.15, -0.1) is 11.6 Å². The number of amides is 2. The molecule has 1 aliphatic rings. The summed E-state index contributed by atoms with van der Waals surface area (Å²) in [6, 6.07) is 7.23. The third-order valence-corrected chi connectivity index (χ3v) is 2.83. The van der Waals surface area contributed by atoms with Crippen molar-refractivity contribution in [3.63, 3.8) is 0 Å². The topological polar surface area (TPSA) is 58.2 Å². The number of benzene rings is 1. The Balaban J connectivity index is 1.99. The van der Waals surface area contributed by atoms with Crippen molar-refractivity contribution in [3.05, 3.63) is 29.8 Å². The molecule has 1 aliphatic carbocycles. The number of hydrogen-bond acceptors (Lipinski definition) is 2. The van der Waals surface area contributed by atoms with E-state index in [9.17, 15) is 9.59 Å². The molecular weight excluding hydrogens is 252 g/mol. The molecule has 0 heterocycles. The van der Waals surface area contributed by atoms with Crippen LogP contribution in [0.25, 0.3) is 0 Å². The van der Waals surface area contributed by atoms with Gasteiger partial charge >= 0.3 is 0 Å². The Labute approximate surface area is 111 Å². The molecule has 1 saturated carbocycles. The van der Waals surface area contributed by atoms with Crippen molar-refractivity contribution in [1.82, 2.24) is 5.32 Å². The van der Waals surface area contributed by atoms with Gasteiger partial charge in [-0.2, -0.15) is 0 Å². The van der Waals surface area contributed by atoms with Crippen LogP contribution < -0.4 is 10.6 Å². The van der Waals surface area contributed by atoms with E-state index in [-0.39, 0.29) is 24.1 Å². The van der Waals surface area contributed by atoms with E-state index < -0.39 is 0 Å². The van der Waals surface area contributed by atoms with E-state index in [2.05, 4.69) is 10.6 Å². The molecule has 0 spiro atoms. The quantitative estimate of drug-likeness (QED) is 0.803. The van der Waals surface area contributed by atoms with Crippen molar-refractivity contribution >= 4 is 29.1 Å². The van der Waals surface area contributed by atoms with Crippen LogP contribution in [0, 0.1) is 0 Å². The molecule has 1 fully saturated rings. The predicted molar refractivity (Wildman–Crippen MR) is 70.9 cm³/mol. The average molecular weight is 267 g/mol. The van der Waals surface area contributed by atoms with E-state index in [0.717, 1.165) is 12.8 Å². The zero-order chi connectivity index (χ0) is 13.0. The molecule has 0 saturated heterocycles. The summed E-state index contributed by atoms with van der Waals surface area (Å²) < 4.78 is 0. The van der Waals surface area contributed by atoms with E-state index in [4.69, 9.17) is 11.6 Å². The average Bonchev–Trinajstić information content (AvgIpc) is 3.13. The fraction of sp³-hybridized carbons (Fsp3) is 0.385. The van der Waals surface area contributed by atoms with E-state index in [1.165, 1.54) is 0 Å². The van der Waals surface area contributed by atoms with E-state index in [1.807, 2.05) is 0 Å². The fourth-order valence-electron chi connectivity index (χ4n) is 1.54. The maximum atomic E-state index is 11.8. The summed E-state index contributed by atoms with van der Waals surface area (Å²) in [5.41, 5.74) is 1.18. The molecule has 0 atom stereocenters. The maximum Gasteiger partial charge on any atom is 0.251 e. The van der Waals surface area contributed by atoms with Crippen LogP contribution in [0.2, 0.25) is 0 Å². The lowest BCUT2D eigenvalue weighted by Gasteiger charge is -2.07. The third-order valence-electron chi connectivity index (χ3n) is 2.64. The molecule has 2 amide bonds. The van der Waals surface area contributed by atoms with Gasteiger partial charge in [-0.1, -0.05) is 6.07 Å². The van der Waals surface area contributed by atoms with Crippen LogP contribution >= 0.6 is 11.6 Å². The minimum atomic E-state index is -0.148. The Kier molecular flexibility index (Phi) is 4.20. The molecule has 0 radical (unpaired) electrons. The normalized spacial score (nSPS) is 14.1. The Morgan fingerprint density at radius 1 is 1.33 bits per heavy atom. The molecule has 0 aromatic heterocycles. The highest BCUT2D eigenvalue weighted by Gasteiger charge is 2.23. The van der Waals surface area contributed by atoms with Gasteiger partial charge in [0.25, 0.3) is 5.91 Å². The standard InChI is InChI=1S/C13H15ClN2O2/c14-7-6-12(17)15-11-3-1-2-9(8-11)13(18)16-10-4-5-10/h1-3,8,10H,4-7H2,(H,15,17)(H,16,18). The van der Waals surface area contributed by atoms with E-state index in [1.54, 1.807) is 24.3 Å². The van der Waals surface area contributed by atoms with Crippen molar-refractivity contribution in [2.45, 2.75) is 25.3 Å². The van der Waals surface area contributed by atoms with Gasteiger partial charge in [0, 0.05) is 29.6 Å². The predicted octanol–water partition coefficient (Wildman–Crippen LogP) is 2.15. The SMILES string of the molecule is O=C(CCCl)Nc1cccc(C(=O)NC2CC2)c1. The largest absolute Gasteiger partial charge is 0.349 e. The zero-order valence-corrected chi connectivity index (χ0v) is 10.7. The van der Waals surface area contributed by atoms with Crippen LogP contribution in [-0.4, -0.2) is 23.7 Å². The van der Waals surface area contributed by atoms with Gasteiger partial charge in [-0.05, 0) is 31.0 Å². The minimum Gasteiger partial charge on any atom is -0.349 e. The Morgan fingerprint density at radius 2 is 2.11 bits per heavy atom. The highest BCUT2D eigenvalue weighted by atomic mass is 35.5. The molecule has 0 unspecified atom stereocenters. The van der Waals surface area contributed by atoms with Crippen LogP contribution in [0.5, 0.6) is 0 Å². The number of alkyl halides is 1. The molecule has 1 aromatic carbocycles. The summed E-state index contributed by atoms with van der Waals surface area (Å²) in [6.45, 7) is 0. The number of hydrogen-bond donors (Lipinski definition) is 2. The first-order chi connectivity index (χ1) is 8.69. The number of halogens is 1. The summed E-state index contributed by atoms with van der Waals surface area (Å²) in [7, 11) is 0. The lowest BCUT2D eigenvalue weighted by Crippen LogP contribution is -2.25. The van der Waals surface area contributed by atoms with Gasteiger partial charge in [-0.3, -0.25) is 9.59 Å². The van der Waals surface area contributed by atoms with Crippen molar-refractivity contribution in [3.8, 4) is 0 Å². The first-order valence-electron chi connectivity index (χ1n) is 5.96. The summed E-state index contributed by atoms with van der Waals surface area (Å²) in [5.74, 6) is 0.0453. The lowest BCUT2D eigenvalue weighted by molar-refractivity contribution is -0.115. The summed E-state index contributed by atoms with van der Waals surface area (Å²) >= 11 is 5.48. The van der Waals surface area contributed by atoms with E-state index in [0.29, 0.717) is 17.3 Å². The summed E-state index contributed by atoms with van der Waals surface area (Å²) in [4.78, 5) is 23.2. The summed E-state index contributed by atoms with van der Waals surface area (Å²) in [5, 5.41) is 5.61. The highest BCUT2D eigenvalue weighted by molar-refractivity contribution is 6.19. The van der Waals surface area contributed by atoms with Gasteiger partial charge in [0.1, 0.15) is 0 Å². The fourth-order valence-corrected chi connectivity index (χ4v) is 1.72. The molecule has 1 aromatic rings. The molecule has 0 aliphatic heterocycles. The van der Waals surface area contributed by atoms with Gasteiger partial charge in [0.15, 0.2) is 0 Å². The van der Waals surface area contributed by atoms with Gasteiger partial charge in [0.05, 0.1) is 0 Å². The second-order valence-corrected chi connectivity index (χ2v) is 4.69. The molecule has 4 nitrogen and oxygen atoms in total. The van der Waals surface area contributed by atoms with Gasteiger partial charge < -0.3 is 10.6 Å². The Morgan fingerprint density at radius 3 is 2.78 bits per heavy atom. The molecule has 96 valence electrons. The number of carbonyl (C=O) groups excluding carboxylic acids is 2. The molecular formula is C13H15ClN2O2. The van der Waals surface area contributed by atoms with E-state index >= 15 is 0 Å². The Hall–Kier alpha value is -1.55. The smallest absolute Gasteiger partial charge is 0.251 e. The van der Waals surface area contributed by atoms with Crippen LogP contribution in [0.1, 0.15) is 29.6 Å². The number of carbonyl (C=O) groups is 2. The van der Waals surface area contributed by atoms with Crippen LogP contribution in [-0.2, 0) is 4.79 Å². The maximum absolute atomic E-state index is 11.8. The summed E-state index contributed by atoms with van der Waals surface area (Å²) in [6.07, 6.45) is 2.37. The lowest BCUT2D eigenvalue weighted by atomic mass is 10.2. The number of anilines is 1. The second kappa shape index (κ2) is 5.87. The van der Waals surface area contributed by atoms with Crippen LogP contribution in [0.15, 0.2) is 24.3 Å². The molecule has 2 N–H and O–H groups in total. The number of nitrogens with one attached hydrogen (secondary N) is 2. The molecule has 5 heteroatoms. The first kappa shape index (κ1) is 12.9. The van der Waals surface area contributed by atoms with Crippen LogP contribution in [0.3, 0.4) is 0 Å². The zero-order valence-electron chi connectivity index (χ0n) is 9.91. The highest BCUT2D eigenvalue weighted by Crippen LogP contribution is 2.20. The first-order valence-corrected chi connectivity index (χ1v) is 6.49. The third kappa shape index (κ3) is 3.74. The van der Waals surface area contributed by atoms with Crippen molar-refractivity contribution in [2.75, 3.05) is 11.2 Å². The molecule has 18 heavy (non-hydrogen) atoms. The van der Waals surface area contributed by atoms with Crippen LogP contribution in [0.4, 0.5) is 5.69 Å². The van der Waals surface area contributed by atoms with Crippen molar-refractivity contribution in [2.24, 2.45) is 0 Å². The second-order valence-electron chi connectivity index (χ2n) is 4.32. The van der Waals surface area contributed by atoms with Gasteiger partial charge in [-0.25, -0.2) is 0 Å². The minimum absolute atomic E-state index is 0.0917. The van der Waals surface area contributed by atoms with Gasteiger partial charge in [0.2, 0.25) is 5.91 Å². The molecule has 0 bridgehead atoms. The molecule has 2 rings (SSSR count).